The third-order valence-electron chi connectivity index (χ3n) is 8.76. The maximum Gasteiger partial charge on any atom is 0.223 e. The van der Waals surface area contributed by atoms with Gasteiger partial charge in [-0.15, -0.1) is 0 Å². The van der Waals surface area contributed by atoms with E-state index in [2.05, 4.69) is 10.6 Å². The van der Waals surface area contributed by atoms with Crippen LogP contribution in [-0.2, 0) is 14.3 Å². The number of halogens is 4. The molecule has 4 unspecified atom stereocenters. The van der Waals surface area contributed by atoms with Crippen LogP contribution in [-0.4, -0.2) is 47.4 Å². The molecule has 3 N–H and O–H groups in total. The number of fused-ring (bicyclic) bond motifs is 2. The SMILES string of the molecule is O=C(CC1CCCO1)NC1CC(C(=O)N[C@H](c2c(F)ccc(Cl)c2F)C23CCC(F)(CC2)C3)CC1O. The molecular formula is C26H32ClF3N2O4. The number of alkyl halides is 1. The van der Waals surface area contributed by atoms with Gasteiger partial charge >= 0.3 is 0 Å². The highest BCUT2D eigenvalue weighted by atomic mass is 35.5. The molecule has 1 aromatic carbocycles. The molecule has 6 nitrogen and oxygen atoms in total. The molecule has 10 heteroatoms. The highest BCUT2D eigenvalue weighted by Gasteiger charge is 2.59. The minimum absolute atomic E-state index is 0.101. The average molecular weight is 529 g/mol. The summed E-state index contributed by atoms with van der Waals surface area (Å²) in [5.41, 5.74) is -2.55. The molecule has 4 fully saturated rings. The molecule has 1 saturated heterocycles. The van der Waals surface area contributed by atoms with E-state index < -0.39 is 52.7 Å². The molecule has 0 radical (unpaired) electrons. The largest absolute Gasteiger partial charge is 0.391 e. The molecular weight excluding hydrogens is 497 g/mol. The van der Waals surface area contributed by atoms with E-state index in [0.29, 0.717) is 19.4 Å². The van der Waals surface area contributed by atoms with E-state index in [1.807, 2.05) is 0 Å². The van der Waals surface area contributed by atoms with Crippen LogP contribution < -0.4 is 10.6 Å². The zero-order chi connectivity index (χ0) is 25.7. The molecule has 1 heterocycles. The van der Waals surface area contributed by atoms with Gasteiger partial charge in [0.2, 0.25) is 11.8 Å². The second kappa shape index (κ2) is 9.80. The lowest BCUT2D eigenvalue weighted by molar-refractivity contribution is -0.127. The van der Waals surface area contributed by atoms with E-state index in [1.165, 1.54) is 0 Å². The number of nitrogens with one attached hydrogen (secondary N) is 2. The smallest absolute Gasteiger partial charge is 0.223 e. The minimum atomic E-state index is -1.39. The predicted octanol–water partition coefficient (Wildman–Crippen LogP) is 4.27. The first-order valence-corrected chi connectivity index (χ1v) is 13.2. The second-order valence-corrected chi connectivity index (χ2v) is 11.5. The first-order valence-electron chi connectivity index (χ1n) is 12.8. The summed E-state index contributed by atoms with van der Waals surface area (Å²) in [4.78, 5) is 25.8. The van der Waals surface area contributed by atoms with Gasteiger partial charge in [0.1, 0.15) is 17.3 Å². The lowest BCUT2D eigenvalue weighted by Gasteiger charge is -2.37. The van der Waals surface area contributed by atoms with Crippen LogP contribution in [0.1, 0.15) is 75.8 Å². The highest BCUT2D eigenvalue weighted by molar-refractivity contribution is 6.30. The Bertz CT molecular complexity index is 1030. The third kappa shape index (κ3) is 4.86. The number of ether oxygens (including phenoxy) is 1. The van der Waals surface area contributed by atoms with Crippen molar-refractivity contribution in [3.8, 4) is 0 Å². The number of aliphatic hydroxyl groups excluding tert-OH is 1. The van der Waals surface area contributed by atoms with Crippen LogP contribution in [0.3, 0.4) is 0 Å². The van der Waals surface area contributed by atoms with Crippen molar-refractivity contribution in [3.63, 3.8) is 0 Å². The number of carbonyl (C=O) groups is 2. The van der Waals surface area contributed by atoms with Crippen LogP contribution in [0.25, 0.3) is 0 Å². The summed E-state index contributed by atoms with van der Waals surface area (Å²) < 4.78 is 50.7. The van der Waals surface area contributed by atoms with E-state index in [9.17, 15) is 19.1 Å². The Kier molecular flexibility index (Phi) is 7.02. The fraction of sp³-hybridized carbons (Fsp3) is 0.692. The van der Waals surface area contributed by atoms with Gasteiger partial charge in [0, 0.05) is 18.1 Å². The van der Waals surface area contributed by atoms with Gasteiger partial charge in [0.25, 0.3) is 0 Å². The van der Waals surface area contributed by atoms with Crippen LogP contribution in [0.15, 0.2) is 12.1 Å². The summed E-state index contributed by atoms with van der Waals surface area (Å²) >= 11 is 5.96. The summed E-state index contributed by atoms with van der Waals surface area (Å²) in [5, 5.41) is 15.9. The quantitative estimate of drug-likeness (QED) is 0.461. The zero-order valence-electron chi connectivity index (χ0n) is 20.0. The molecule has 2 bridgehead atoms. The minimum Gasteiger partial charge on any atom is -0.391 e. The molecule has 0 spiro atoms. The number of hydrogen-bond acceptors (Lipinski definition) is 4. The summed E-state index contributed by atoms with van der Waals surface area (Å²) in [6.45, 7) is 0.631. The van der Waals surface area contributed by atoms with Crippen molar-refractivity contribution in [1.82, 2.24) is 10.6 Å². The lowest BCUT2D eigenvalue weighted by Crippen LogP contribution is -2.43. The van der Waals surface area contributed by atoms with Gasteiger partial charge in [-0.3, -0.25) is 9.59 Å². The molecule has 3 saturated carbocycles. The lowest BCUT2D eigenvalue weighted by atomic mass is 9.74. The Morgan fingerprint density at radius 1 is 1.19 bits per heavy atom. The highest BCUT2D eigenvalue weighted by Crippen LogP contribution is 2.63. The zero-order valence-corrected chi connectivity index (χ0v) is 20.8. The molecule has 3 aliphatic carbocycles. The fourth-order valence-electron chi connectivity index (χ4n) is 6.83. The molecule has 1 aromatic rings. The summed E-state index contributed by atoms with van der Waals surface area (Å²) in [6.07, 6.45) is 2.62. The topological polar surface area (TPSA) is 87.7 Å². The van der Waals surface area contributed by atoms with Crippen molar-refractivity contribution < 1.29 is 32.6 Å². The molecule has 0 aromatic heterocycles. The second-order valence-electron chi connectivity index (χ2n) is 11.1. The van der Waals surface area contributed by atoms with Crippen LogP contribution in [0.5, 0.6) is 0 Å². The van der Waals surface area contributed by atoms with Crippen molar-refractivity contribution in [2.24, 2.45) is 11.3 Å². The Morgan fingerprint density at radius 3 is 2.58 bits per heavy atom. The van der Waals surface area contributed by atoms with Gasteiger partial charge in [-0.05, 0) is 75.3 Å². The molecule has 5 atom stereocenters. The van der Waals surface area contributed by atoms with Crippen molar-refractivity contribution in [3.05, 3.63) is 34.4 Å². The van der Waals surface area contributed by atoms with Crippen molar-refractivity contribution >= 4 is 23.4 Å². The summed E-state index contributed by atoms with van der Waals surface area (Å²) in [5.74, 6) is -3.19. The van der Waals surface area contributed by atoms with E-state index in [1.54, 1.807) is 0 Å². The maximum atomic E-state index is 15.1. The first-order chi connectivity index (χ1) is 17.1. The van der Waals surface area contributed by atoms with Gasteiger partial charge in [-0.25, -0.2) is 13.2 Å². The Labute approximate surface area is 213 Å². The van der Waals surface area contributed by atoms with Crippen LogP contribution in [0, 0.1) is 23.0 Å². The van der Waals surface area contributed by atoms with Crippen LogP contribution >= 0.6 is 11.6 Å². The summed E-state index contributed by atoms with van der Waals surface area (Å²) in [6, 6.07) is 0.477. The monoisotopic (exact) mass is 528 g/mol. The Balaban J connectivity index is 1.31. The van der Waals surface area contributed by atoms with E-state index >= 15 is 8.78 Å². The van der Waals surface area contributed by atoms with Gasteiger partial charge in [-0.2, -0.15) is 0 Å². The molecule has 198 valence electrons. The third-order valence-corrected chi connectivity index (χ3v) is 9.05. The fourth-order valence-corrected chi connectivity index (χ4v) is 7.00. The normalized spacial score (nSPS) is 36.2. The maximum absolute atomic E-state index is 15.1. The van der Waals surface area contributed by atoms with Crippen molar-refractivity contribution in [2.45, 2.75) is 94.2 Å². The molecule has 4 aliphatic rings. The van der Waals surface area contributed by atoms with Gasteiger partial charge < -0.3 is 20.5 Å². The molecule has 2 amide bonds. The number of carbonyl (C=O) groups excluding carboxylic acids is 2. The van der Waals surface area contributed by atoms with Crippen LogP contribution in [0.4, 0.5) is 13.2 Å². The van der Waals surface area contributed by atoms with Crippen LogP contribution in [0.2, 0.25) is 5.02 Å². The van der Waals surface area contributed by atoms with Gasteiger partial charge in [0.05, 0.1) is 35.7 Å². The van der Waals surface area contributed by atoms with Gasteiger partial charge in [0.15, 0.2) is 0 Å². The number of rotatable bonds is 7. The number of aliphatic hydroxyl groups is 1. The molecule has 5 rings (SSSR count). The summed E-state index contributed by atoms with van der Waals surface area (Å²) in [7, 11) is 0. The van der Waals surface area contributed by atoms with Gasteiger partial charge in [-0.1, -0.05) is 11.6 Å². The van der Waals surface area contributed by atoms with E-state index in [4.69, 9.17) is 16.3 Å². The Morgan fingerprint density at radius 2 is 1.94 bits per heavy atom. The standard InChI is InChI=1S/C26H32ClF3N2O4/c27-16-3-4-17(28)21(22(16)29)23(25-5-7-26(30,13-25)8-6-25)32-24(35)14-10-18(19(33)11-14)31-20(34)12-15-2-1-9-36-15/h3-4,14-15,18-19,23,33H,1-2,5-13H2,(H,31,34)(H,32,35)/t14?,15?,18?,19?,23-,25?,26?/m1/s1. The van der Waals surface area contributed by atoms with Crippen molar-refractivity contribution in [1.29, 1.82) is 0 Å². The average Bonchev–Trinajstić information content (AvgIpc) is 3.61. The number of amides is 2. The van der Waals surface area contributed by atoms with E-state index in [-0.39, 0.29) is 61.1 Å². The number of benzene rings is 1. The van der Waals surface area contributed by atoms with Crippen molar-refractivity contribution in [2.75, 3.05) is 6.61 Å². The predicted molar refractivity (Wildman–Crippen MR) is 126 cm³/mol. The first kappa shape index (κ1) is 25.8. The van der Waals surface area contributed by atoms with E-state index in [0.717, 1.165) is 25.0 Å². The molecule has 1 aliphatic heterocycles. The Hall–Kier alpha value is -1.84. The molecule has 36 heavy (non-hydrogen) atoms. The number of hydrogen-bond donors (Lipinski definition) is 3.